The summed E-state index contributed by atoms with van der Waals surface area (Å²) in [6.45, 7) is 0.817. The Hall–Kier alpha value is -3.13. The van der Waals surface area contributed by atoms with Gasteiger partial charge in [0.2, 0.25) is 0 Å². The van der Waals surface area contributed by atoms with Crippen LogP contribution < -0.4 is 5.32 Å². The first-order valence-corrected chi connectivity index (χ1v) is 8.42. The highest BCUT2D eigenvalue weighted by molar-refractivity contribution is 5.93. The maximum atomic E-state index is 13.1. The van der Waals surface area contributed by atoms with E-state index in [1.54, 1.807) is 28.9 Å². The highest BCUT2D eigenvalue weighted by atomic mass is 19.1. The Bertz CT molecular complexity index is 955. The second-order valence-electron chi connectivity index (χ2n) is 6.23. The number of carbonyl (C=O) groups excluding carboxylic acids is 1. The van der Waals surface area contributed by atoms with E-state index >= 15 is 0 Å². The number of nitrogens with zero attached hydrogens (tertiary/aromatic N) is 3. The van der Waals surface area contributed by atoms with Crippen molar-refractivity contribution >= 4 is 5.91 Å². The largest absolute Gasteiger partial charge is 0.365 e. The van der Waals surface area contributed by atoms with E-state index in [1.807, 2.05) is 0 Å². The molecule has 1 amide bonds. The van der Waals surface area contributed by atoms with Crippen molar-refractivity contribution in [1.82, 2.24) is 20.3 Å². The van der Waals surface area contributed by atoms with Crippen LogP contribution in [0.2, 0.25) is 0 Å². The first-order chi connectivity index (χ1) is 13.1. The van der Waals surface area contributed by atoms with Crippen LogP contribution in [0.3, 0.4) is 0 Å². The molecule has 1 aliphatic heterocycles. The first-order valence-electron chi connectivity index (χ1n) is 8.42. The van der Waals surface area contributed by atoms with Gasteiger partial charge in [0, 0.05) is 6.54 Å². The van der Waals surface area contributed by atoms with Gasteiger partial charge in [-0.05, 0) is 35.4 Å². The molecule has 1 atom stereocenters. The lowest BCUT2D eigenvalue weighted by molar-refractivity contribution is -0.00180. The smallest absolute Gasteiger partial charge is 0.274 e. The molecule has 0 saturated carbocycles. The van der Waals surface area contributed by atoms with E-state index in [-0.39, 0.29) is 42.5 Å². The zero-order chi connectivity index (χ0) is 18.8. The van der Waals surface area contributed by atoms with E-state index in [0.29, 0.717) is 12.2 Å². The van der Waals surface area contributed by atoms with Crippen LogP contribution in [0, 0.1) is 11.6 Å². The second kappa shape index (κ2) is 7.24. The van der Waals surface area contributed by atoms with Crippen molar-refractivity contribution in [2.75, 3.05) is 0 Å². The van der Waals surface area contributed by atoms with Gasteiger partial charge < -0.3 is 10.1 Å². The number of rotatable bonds is 4. The van der Waals surface area contributed by atoms with Crippen LogP contribution in [0.5, 0.6) is 0 Å². The molecular weight excluding hydrogens is 354 g/mol. The normalized spacial score (nSPS) is 16.0. The number of carbonyl (C=O) groups is 1. The Kier molecular flexibility index (Phi) is 4.64. The van der Waals surface area contributed by atoms with Gasteiger partial charge in [-0.1, -0.05) is 29.5 Å². The lowest BCUT2D eigenvalue weighted by atomic mass is 10.1. The average Bonchev–Trinajstić information content (AvgIpc) is 3.11. The molecule has 6 nitrogen and oxygen atoms in total. The zero-order valence-corrected chi connectivity index (χ0v) is 14.2. The predicted molar refractivity (Wildman–Crippen MR) is 91.5 cm³/mol. The van der Waals surface area contributed by atoms with Gasteiger partial charge in [-0.15, -0.1) is 5.10 Å². The molecule has 0 aliphatic carbocycles. The lowest BCUT2D eigenvalue weighted by Crippen LogP contribution is -2.27. The van der Waals surface area contributed by atoms with E-state index in [1.165, 1.54) is 24.3 Å². The third kappa shape index (κ3) is 3.70. The molecule has 0 saturated heterocycles. The van der Waals surface area contributed by atoms with Gasteiger partial charge in [0.05, 0.1) is 18.8 Å². The molecule has 0 spiro atoms. The molecule has 0 fully saturated rings. The van der Waals surface area contributed by atoms with Crippen molar-refractivity contribution in [1.29, 1.82) is 0 Å². The average molecular weight is 370 g/mol. The van der Waals surface area contributed by atoms with Crippen LogP contribution in [0.15, 0.2) is 48.5 Å². The summed E-state index contributed by atoms with van der Waals surface area (Å²) in [4.78, 5) is 12.4. The number of nitrogens with one attached hydrogen (secondary N) is 1. The number of hydrogen-bond donors (Lipinski definition) is 1. The van der Waals surface area contributed by atoms with Gasteiger partial charge in [-0.3, -0.25) is 4.79 Å². The zero-order valence-electron chi connectivity index (χ0n) is 14.2. The fourth-order valence-electron chi connectivity index (χ4n) is 2.94. The Balaban J connectivity index is 1.43. The van der Waals surface area contributed by atoms with Gasteiger partial charge >= 0.3 is 0 Å². The maximum absolute atomic E-state index is 13.1. The van der Waals surface area contributed by atoms with Crippen molar-refractivity contribution in [2.24, 2.45) is 0 Å². The fourth-order valence-corrected chi connectivity index (χ4v) is 2.94. The summed E-state index contributed by atoms with van der Waals surface area (Å²) in [6.07, 6.45) is -0.282. The fraction of sp³-hybridized carbons (Fsp3) is 0.211. The monoisotopic (exact) mass is 370 g/mol. The van der Waals surface area contributed by atoms with E-state index in [0.717, 1.165) is 11.1 Å². The van der Waals surface area contributed by atoms with Gasteiger partial charge in [0.1, 0.15) is 17.7 Å². The Labute approximate surface area is 153 Å². The molecule has 1 aromatic heterocycles. The molecule has 4 rings (SSSR count). The van der Waals surface area contributed by atoms with Gasteiger partial charge in [-0.2, -0.15) is 0 Å². The molecule has 1 aliphatic rings. The summed E-state index contributed by atoms with van der Waals surface area (Å²) in [5.74, 6) is -1.01. The summed E-state index contributed by atoms with van der Waals surface area (Å²) in [5.41, 5.74) is 2.40. The molecule has 138 valence electrons. The number of aromatic nitrogens is 3. The minimum absolute atomic E-state index is 0.175. The summed E-state index contributed by atoms with van der Waals surface area (Å²) in [5, 5.41) is 10.8. The number of halogens is 2. The highest BCUT2D eigenvalue weighted by Gasteiger charge is 2.27. The molecule has 2 heterocycles. The maximum Gasteiger partial charge on any atom is 0.274 e. The second-order valence-corrected chi connectivity index (χ2v) is 6.23. The highest BCUT2D eigenvalue weighted by Crippen LogP contribution is 2.27. The van der Waals surface area contributed by atoms with Crippen molar-refractivity contribution in [3.05, 3.63) is 82.7 Å². The number of ether oxygens (including phenoxy) is 1. The summed E-state index contributed by atoms with van der Waals surface area (Å²) < 4.78 is 33.4. The number of amides is 1. The van der Waals surface area contributed by atoms with Crippen LogP contribution >= 0.6 is 0 Å². The van der Waals surface area contributed by atoms with Crippen LogP contribution in [0.25, 0.3) is 0 Å². The Morgan fingerprint density at radius 2 is 1.78 bits per heavy atom. The molecule has 8 heteroatoms. The van der Waals surface area contributed by atoms with Crippen LogP contribution in [0.4, 0.5) is 8.78 Å². The Morgan fingerprint density at radius 1 is 1.11 bits per heavy atom. The van der Waals surface area contributed by atoms with Crippen molar-refractivity contribution in [3.63, 3.8) is 0 Å². The van der Waals surface area contributed by atoms with Crippen LogP contribution in [-0.4, -0.2) is 20.9 Å². The molecular formula is C19H16F2N4O2. The third-order valence-corrected chi connectivity index (χ3v) is 4.42. The number of benzene rings is 2. The van der Waals surface area contributed by atoms with E-state index in [9.17, 15) is 13.6 Å². The van der Waals surface area contributed by atoms with Gasteiger partial charge in [0.15, 0.2) is 5.69 Å². The third-order valence-electron chi connectivity index (χ3n) is 4.42. The van der Waals surface area contributed by atoms with Crippen LogP contribution in [0.1, 0.15) is 33.4 Å². The molecule has 1 unspecified atom stereocenters. The van der Waals surface area contributed by atoms with E-state index in [2.05, 4.69) is 15.6 Å². The quantitative estimate of drug-likeness (QED) is 0.767. The summed E-state index contributed by atoms with van der Waals surface area (Å²) in [6, 6.07) is 12.0. The molecule has 0 radical (unpaired) electrons. The lowest BCUT2D eigenvalue weighted by Gasteiger charge is -2.24. The molecule has 2 aromatic carbocycles. The molecule has 0 bridgehead atoms. The van der Waals surface area contributed by atoms with Gasteiger partial charge in [0.25, 0.3) is 5.91 Å². The van der Waals surface area contributed by atoms with Crippen LogP contribution in [-0.2, 0) is 24.4 Å². The summed E-state index contributed by atoms with van der Waals surface area (Å²) in [7, 11) is 0. The Morgan fingerprint density at radius 3 is 2.48 bits per heavy atom. The SMILES string of the molecule is O=C(NCc1ccc(F)cc1)c1nnn2c1COC(c1ccc(F)cc1)C2. The van der Waals surface area contributed by atoms with E-state index < -0.39 is 0 Å². The molecule has 27 heavy (non-hydrogen) atoms. The number of fused-ring (bicyclic) bond motifs is 1. The van der Waals surface area contributed by atoms with Crippen molar-refractivity contribution in [3.8, 4) is 0 Å². The van der Waals surface area contributed by atoms with Crippen molar-refractivity contribution < 1.29 is 18.3 Å². The minimum Gasteiger partial charge on any atom is -0.365 e. The molecule has 1 N–H and O–H groups in total. The van der Waals surface area contributed by atoms with Gasteiger partial charge in [-0.25, -0.2) is 13.5 Å². The van der Waals surface area contributed by atoms with E-state index in [4.69, 9.17) is 4.74 Å². The topological polar surface area (TPSA) is 69.0 Å². The number of hydrogen-bond acceptors (Lipinski definition) is 4. The predicted octanol–water partition coefficient (Wildman–Crippen LogP) is 2.76. The minimum atomic E-state index is -0.371. The van der Waals surface area contributed by atoms with Crippen molar-refractivity contribution in [2.45, 2.75) is 25.8 Å². The standard InChI is InChI=1S/C19H16F2N4O2/c20-14-5-1-12(2-6-14)9-22-19(26)18-16-11-27-17(10-25(16)24-23-18)13-3-7-15(21)8-4-13/h1-8,17H,9-11H2,(H,22,26). The summed E-state index contributed by atoms with van der Waals surface area (Å²) >= 11 is 0. The first kappa shape index (κ1) is 17.3. The molecule has 3 aromatic rings.